The maximum Gasteiger partial charge on any atom is 0.124 e. The molecule has 2 N–H and O–H groups in total. The first-order chi connectivity index (χ1) is 5.69. The molecule has 0 saturated carbocycles. The molecule has 0 atom stereocenters. The molecule has 2 heteroatoms. The van der Waals surface area contributed by atoms with Crippen LogP contribution in [0.4, 0.5) is 0 Å². The molecule has 0 bridgehead atoms. The minimum Gasteiger partial charge on any atom is -0.507 e. The van der Waals surface area contributed by atoms with Crippen molar-refractivity contribution in [2.45, 2.75) is 13.5 Å². The second-order valence-electron chi connectivity index (χ2n) is 2.71. The highest BCUT2D eigenvalue weighted by molar-refractivity contribution is 5.54. The van der Waals surface area contributed by atoms with Gasteiger partial charge in [0.15, 0.2) is 0 Å². The lowest BCUT2D eigenvalue weighted by atomic mass is 10.1. The van der Waals surface area contributed by atoms with E-state index in [4.69, 9.17) is 5.11 Å². The number of hydrogen-bond donors (Lipinski definition) is 2. The molecule has 0 heterocycles. The number of benzene rings is 1. The number of aromatic hydroxyl groups is 1. The van der Waals surface area contributed by atoms with Gasteiger partial charge in [-0.3, -0.25) is 0 Å². The normalized spacial score (nSPS) is 9.83. The van der Waals surface area contributed by atoms with Gasteiger partial charge in [-0.25, -0.2) is 0 Å². The number of hydrogen-bond acceptors (Lipinski definition) is 2. The molecule has 0 aromatic heterocycles. The summed E-state index contributed by atoms with van der Waals surface area (Å²) in [7, 11) is 0. The van der Waals surface area contributed by atoms with Crippen LogP contribution >= 0.6 is 0 Å². The molecule has 0 unspecified atom stereocenters. The van der Waals surface area contributed by atoms with Crippen LogP contribution in [0.25, 0.3) is 6.08 Å². The quantitative estimate of drug-likeness (QED) is 0.700. The van der Waals surface area contributed by atoms with Gasteiger partial charge in [0, 0.05) is 5.56 Å². The van der Waals surface area contributed by atoms with Crippen LogP contribution in [0.2, 0.25) is 0 Å². The van der Waals surface area contributed by atoms with Gasteiger partial charge in [0.1, 0.15) is 5.75 Å². The van der Waals surface area contributed by atoms with E-state index in [-0.39, 0.29) is 12.4 Å². The Morgan fingerprint density at radius 1 is 1.50 bits per heavy atom. The smallest absolute Gasteiger partial charge is 0.124 e. The molecule has 0 aliphatic heterocycles. The molecule has 64 valence electrons. The van der Waals surface area contributed by atoms with E-state index in [1.54, 1.807) is 19.1 Å². The van der Waals surface area contributed by atoms with Crippen molar-refractivity contribution in [1.82, 2.24) is 0 Å². The molecule has 1 rings (SSSR count). The van der Waals surface area contributed by atoms with Crippen LogP contribution in [0.5, 0.6) is 5.75 Å². The minimum absolute atomic E-state index is 0.144. The third kappa shape index (κ3) is 1.48. The fourth-order valence-electron chi connectivity index (χ4n) is 1.12. The molecule has 12 heavy (non-hydrogen) atoms. The van der Waals surface area contributed by atoms with Crippen molar-refractivity contribution in [3.05, 3.63) is 35.4 Å². The van der Waals surface area contributed by atoms with Crippen molar-refractivity contribution >= 4 is 6.08 Å². The van der Waals surface area contributed by atoms with Crippen LogP contribution in [0.1, 0.15) is 16.7 Å². The molecule has 0 fully saturated rings. The van der Waals surface area contributed by atoms with E-state index in [9.17, 15) is 5.11 Å². The van der Waals surface area contributed by atoms with E-state index in [2.05, 4.69) is 6.58 Å². The van der Waals surface area contributed by atoms with E-state index in [1.807, 2.05) is 6.07 Å². The van der Waals surface area contributed by atoms with E-state index in [0.29, 0.717) is 5.56 Å². The van der Waals surface area contributed by atoms with E-state index in [1.165, 1.54) is 0 Å². The minimum atomic E-state index is -0.144. The zero-order valence-electron chi connectivity index (χ0n) is 7.04. The van der Waals surface area contributed by atoms with Gasteiger partial charge >= 0.3 is 0 Å². The summed E-state index contributed by atoms with van der Waals surface area (Å²) in [5.41, 5.74) is 2.22. The lowest BCUT2D eigenvalue weighted by Crippen LogP contribution is -1.88. The van der Waals surface area contributed by atoms with Gasteiger partial charge in [0.25, 0.3) is 0 Å². The Balaban J connectivity index is 3.28. The van der Waals surface area contributed by atoms with Gasteiger partial charge in [0.05, 0.1) is 6.61 Å². The van der Waals surface area contributed by atoms with Crippen LogP contribution in [0.3, 0.4) is 0 Å². The average molecular weight is 164 g/mol. The fraction of sp³-hybridized carbons (Fsp3) is 0.200. The average Bonchev–Trinajstić information content (AvgIpc) is 2.09. The number of phenols is 1. The van der Waals surface area contributed by atoms with Gasteiger partial charge in [-0.05, 0) is 30.2 Å². The number of rotatable bonds is 2. The highest BCUT2D eigenvalue weighted by Crippen LogP contribution is 2.24. The molecule has 0 aliphatic rings. The van der Waals surface area contributed by atoms with Gasteiger partial charge in [0.2, 0.25) is 0 Å². The largest absolute Gasteiger partial charge is 0.507 e. The fourth-order valence-corrected chi connectivity index (χ4v) is 1.12. The molecule has 0 aliphatic carbocycles. The summed E-state index contributed by atoms with van der Waals surface area (Å²) in [6, 6.07) is 3.54. The van der Waals surface area contributed by atoms with Crippen molar-refractivity contribution in [3.63, 3.8) is 0 Å². The van der Waals surface area contributed by atoms with Crippen LogP contribution < -0.4 is 0 Å². The standard InChI is InChI=1S/C10H12O2/c1-3-8-4-7(2)10(12)9(5-8)6-11/h3-5,11-12H,1,6H2,2H3. The van der Waals surface area contributed by atoms with Crippen molar-refractivity contribution in [3.8, 4) is 5.75 Å². The van der Waals surface area contributed by atoms with E-state index >= 15 is 0 Å². The first-order valence-electron chi connectivity index (χ1n) is 3.75. The van der Waals surface area contributed by atoms with E-state index in [0.717, 1.165) is 11.1 Å². The van der Waals surface area contributed by atoms with Crippen molar-refractivity contribution in [2.75, 3.05) is 0 Å². The summed E-state index contributed by atoms with van der Waals surface area (Å²) >= 11 is 0. The molecule has 0 saturated heterocycles. The van der Waals surface area contributed by atoms with Crippen molar-refractivity contribution in [1.29, 1.82) is 0 Å². The topological polar surface area (TPSA) is 40.5 Å². The molecular weight excluding hydrogens is 152 g/mol. The zero-order chi connectivity index (χ0) is 9.14. The Morgan fingerprint density at radius 3 is 2.67 bits per heavy atom. The second-order valence-corrected chi connectivity index (χ2v) is 2.71. The third-order valence-corrected chi connectivity index (χ3v) is 1.81. The zero-order valence-corrected chi connectivity index (χ0v) is 7.04. The van der Waals surface area contributed by atoms with Gasteiger partial charge in [-0.15, -0.1) is 0 Å². The SMILES string of the molecule is C=Cc1cc(C)c(O)c(CO)c1. The Hall–Kier alpha value is -1.28. The Labute approximate surface area is 71.8 Å². The lowest BCUT2D eigenvalue weighted by molar-refractivity contribution is 0.275. The van der Waals surface area contributed by atoms with E-state index < -0.39 is 0 Å². The summed E-state index contributed by atoms with van der Waals surface area (Å²) in [6.45, 7) is 5.26. The second kappa shape index (κ2) is 3.41. The maximum absolute atomic E-state index is 9.42. The maximum atomic E-state index is 9.42. The van der Waals surface area contributed by atoms with Crippen molar-refractivity contribution < 1.29 is 10.2 Å². The molecule has 0 amide bonds. The predicted octanol–water partition coefficient (Wildman–Crippen LogP) is 1.84. The lowest BCUT2D eigenvalue weighted by Gasteiger charge is -2.05. The summed E-state index contributed by atoms with van der Waals surface area (Å²) in [6.07, 6.45) is 1.69. The monoisotopic (exact) mass is 164 g/mol. The van der Waals surface area contributed by atoms with Gasteiger partial charge in [-0.1, -0.05) is 12.7 Å². The Morgan fingerprint density at radius 2 is 2.17 bits per heavy atom. The highest BCUT2D eigenvalue weighted by atomic mass is 16.3. The third-order valence-electron chi connectivity index (χ3n) is 1.81. The number of aliphatic hydroxyl groups excluding tert-OH is 1. The molecule has 0 spiro atoms. The van der Waals surface area contributed by atoms with Crippen LogP contribution in [0, 0.1) is 6.92 Å². The highest BCUT2D eigenvalue weighted by Gasteiger charge is 2.03. The first-order valence-corrected chi connectivity index (χ1v) is 3.75. The summed E-state index contributed by atoms with van der Waals surface area (Å²) < 4.78 is 0. The van der Waals surface area contributed by atoms with Crippen LogP contribution in [-0.2, 0) is 6.61 Å². The summed E-state index contributed by atoms with van der Waals surface area (Å²) in [5, 5.41) is 18.3. The number of aliphatic hydroxyl groups is 1. The van der Waals surface area contributed by atoms with Gasteiger partial charge < -0.3 is 10.2 Å². The van der Waals surface area contributed by atoms with Gasteiger partial charge in [-0.2, -0.15) is 0 Å². The first kappa shape index (κ1) is 8.81. The van der Waals surface area contributed by atoms with Crippen LogP contribution in [-0.4, -0.2) is 10.2 Å². The Bertz CT molecular complexity index is 303. The molecule has 0 radical (unpaired) electrons. The summed E-state index contributed by atoms with van der Waals surface area (Å²) in [5.74, 6) is 0.170. The molecule has 1 aromatic carbocycles. The predicted molar refractivity (Wildman–Crippen MR) is 48.9 cm³/mol. The Kier molecular flexibility index (Phi) is 2.51. The molecular formula is C10H12O2. The summed E-state index contributed by atoms with van der Waals surface area (Å²) in [4.78, 5) is 0. The molecule has 1 aromatic rings. The van der Waals surface area contributed by atoms with Crippen LogP contribution in [0.15, 0.2) is 18.7 Å². The number of aryl methyl sites for hydroxylation is 1. The molecule has 2 nitrogen and oxygen atoms in total. The van der Waals surface area contributed by atoms with Crippen molar-refractivity contribution in [2.24, 2.45) is 0 Å².